The molecule has 0 spiro atoms. The van der Waals surface area contributed by atoms with Crippen LogP contribution >= 0.6 is 0 Å². The van der Waals surface area contributed by atoms with Crippen molar-refractivity contribution >= 4 is 17.0 Å². The van der Waals surface area contributed by atoms with Crippen LogP contribution in [0.25, 0.3) is 11.2 Å². The third kappa shape index (κ3) is 3.60. The summed E-state index contributed by atoms with van der Waals surface area (Å²) in [5.74, 6) is 1.68. The molecule has 4 rings (SSSR count). The normalized spacial score (nSPS) is 20.9. The lowest BCUT2D eigenvalue weighted by molar-refractivity contribution is -0.136. The number of anilines is 1. The Morgan fingerprint density at radius 3 is 2.86 bits per heavy atom. The molecule has 0 radical (unpaired) electrons. The molecule has 1 saturated heterocycles. The second kappa shape index (κ2) is 7.86. The van der Waals surface area contributed by atoms with Gasteiger partial charge in [0.1, 0.15) is 18.3 Å². The van der Waals surface area contributed by atoms with Crippen LogP contribution in [0.2, 0.25) is 0 Å². The number of hydrogen-bond donors (Lipinski definition) is 1. The number of hydrogen-bond acceptors (Lipinski definition) is 8. The Hall–Kier alpha value is -2.49. The van der Waals surface area contributed by atoms with Crippen molar-refractivity contribution in [1.29, 1.82) is 0 Å². The molecular weight excluding hydrogens is 360 g/mol. The Morgan fingerprint density at radius 1 is 1.29 bits per heavy atom. The maximum absolute atomic E-state index is 9.71. The highest BCUT2D eigenvalue weighted by atomic mass is 16.5. The fourth-order valence-electron chi connectivity index (χ4n) is 3.45. The maximum Gasteiger partial charge on any atom is 0.167 e. The number of ether oxygens (including phenoxy) is 1. The average molecular weight is 386 g/mol. The van der Waals surface area contributed by atoms with Crippen molar-refractivity contribution in [2.24, 2.45) is 0 Å². The lowest BCUT2D eigenvalue weighted by Crippen LogP contribution is -2.46. The van der Waals surface area contributed by atoms with Crippen LogP contribution in [0.4, 0.5) is 5.82 Å². The summed E-state index contributed by atoms with van der Waals surface area (Å²) in [5.41, 5.74) is 1.46. The molecular formula is C19H26N6O3. The van der Waals surface area contributed by atoms with E-state index in [4.69, 9.17) is 9.15 Å². The van der Waals surface area contributed by atoms with Gasteiger partial charge in [-0.25, -0.2) is 15.0 Å². The molecule has 9 heteroatoms. The lowest BCUT2D eigenvalue weighted by Gasteiger charge is -2.37. The number of aliphatic hydroxyl groups is 1. The van der Waals surface area contributed by atoms with Crippen molar-refractivity contribution in [2.45, 2.75) is 38.8 Å². The van der Waals surface area contributed by atoms with Crippen LogP contribution in [-0.4, -0.2) is 68.4 Å². The first-order chi connectivity index (χ1) is 13.6. The number of aromatic nitrogens is 4. The van der Waals surface area contributed by atoms with Crippen LogP contribution in [0, 0.1) is 0 Å². The van der Waals surface area contributed by atoms with Gasteiger partial charge in [0, 0.05) is 26.2 Å². The zero-order valence-electron chi connectivity index (χ0n) is 16.4. The maximum atomic E-state index is 9.71. The summed E-state index contributed by atoms with van der Waals surface area (Å²) in [4.78, 5) is 17.7. The first kappa shape index (κ1) is 18.9. The van der Waals surface area contributed by atoms with E-state index in [-0.39, 0.29) is 25.0 Å². The Morgan fingerprint density at radius 2 is 2.14 bits per heavy atom. The van der Waals surface area contributed by atoms with Crippen LogP contribution in [-0.2, 0) is 11.3 Å². The Balaban J connectivity index is 1.63. The average Bonchev–Trinajstić information content (AvgIpc) is 3.36. The molecule has 4 heterocycles. The number of imidazole rings is 1. The number of morpholine rings is 1. The molecule has 1 aliphatic rings. The predicted molar refractivity (Wildman–Crippen MR) is 104 cm³/mol. The van der Waals surface area contributed by atoms with Gasteiger partial charge in [0.05, 0.1) is 31.8 Å². The second-order valence-corrected chi connectivity index (χ2v) is 7.39. The Bertz CT molecular complexity index is 910. The highest BCUT2D eigenvalue weighted by molar-refractivity contribution is 5.83. The number of aliphatic hydroxyl groups excluding tert-OH is 1. The van der Waals surface area contributed by atoms with E-state index in [2.05, 4.69) is 38.6 Å². The minimum atomic E-state index is -0.307. The third-order valence-corrected chi connectivity index (χ3v) is 5.15. The van der Waals surface area contributed by atoms with E-state index in [0.29, 0.717) is 19.6 Å². The van der Waals surface area contributed by atoms with Crippen LogP contribution in [0.5, 0.6) is 0 Å². The number of rotatable bonds is 6. The molecule has 0 aliphatic carbocycles. The van der Waals surface area contributed by atoms with E-state index >= 15 is 0 Å². The summed E-state index contributed by atoms with van der Waals surface area (Å²) < 4.78 is 13.5. The van der Waals surface area contributed by atoms with Crippen molar-refractivity contribution in [2.75, 3.05) is 31.6 Å². The van der Waals surface area contributed by atoms with Crippen molar-refractivity contribution in [3.05, 3.63) is 36.8 Å². The smallest absolute Gasteiger partial charge is 0.167 e. The summed E-state index contributed by atoms with van der Waals surface area (Å²) in [5, 5.41) is 9.71. The van der Waals surface area contributed by atoms with E-state index < -0.39 is 0 Å². The standard InChI is InChI=1S/C19H26N6O3/c1-13(2)23(3)18-17-19(21-11-20-18)25(12-22-17)16-9-24(8-15(10-26)28-16)7-14-5-4-6-27-14/h4-6,11-13,15-16,26H,7-10H2,1-3H3/t15-,16+/m0/s1. The Kier molecular flexibility index (Phi) is 5.29. The topological polar surface area (TPSA) is 92.7 Å². The van der Waals surface area contributed by atoms with Gasteiger partial charge in [-0.2, -0.15) is 0 Å². The van der Waals surface area contributed by atoms with Gasteiger partial charge in [0.25, 0.3) is 0 Å². The van der Waals surface area contributed by atoms with Crippen molar-refractivity contribution in [3.63, 3.8) is 0 Å². The minimum absolute atomic E-state index is 0.0475. The minimum Gasteiger partial charge on any atom is -0.468 e. The van der Waals surface area contributed by atoms with Crippen LogP contribution in [0.3, 0.4) is 0 Å². The molecule has 3 aromatic heterocycles. The summed E-state index contributed by atoms with van der Waals surface area (Å²) >= 11 is 0. The third-order valence-electron chi connectivity index (χ3n) is 5.15. The van der Waals surface area contributed by atoms with Crippen molar-refractivity contribution in [1.82, 2.24) is 24.4 Å². The fraction of sp³-hybridized carbons (Fsp3) is 0.526. The van der Waals surface area contributed by atoms with E-state index in [1.807, 2.05) is 23.7 Å². The van der Waals surface area contributed by atoms with Crippen molar-refractivity contribution < 1.29 is 14.3 Å². The first-order valence-electron chi connectivity index (χ1n) is 9.48. The molecule has 0 unspecified atom stereocenters. The number of furan rings is 1. The van der Waals surface area contributed by atoms with Crippen LogP contribution in [0.1, 0.15) is 25.8 Å². The van der Waals surface area contributed by atoms with Crippen molar-refractivity contribution in [3.8, 4) is 0 Å². The molecule has 28 heavy (non-hydrogen) atoms. The van der Waals surface area contributed by atoms with Gasteiger partial charge in [0.15, 0.2) is 17.0 Å². The van der Waals surface area contributed by atoms with Gasteiger partial charge in [-0.3, -0.25) is 9.47 Å². The zero-order chi connectivity index (χ0) is 19.7. The highest BCUT2D eigenvalue weighted by Gasteiger charge is 2.30. The molecule has 0 bridgehead atoms. The molecule has 1 N–H and O–H groups in total. The molecule has 3 aromatic rings. The van der Waals surface area contributed by atoms with Crippen LogP contribution in [0.15, 0.2) is 35.5 Å². The van der Waals surface area contributed by atoms with Gasteiger partial charge in [-0.05, 0) is 26.0 Å². The molecule has 1 aliphatic heterocycles. The highest BCUT2D eigenvalue weighted by Crippen LogP contribution is 2.28. The summed E-state index contributed by atoms with van der Waals surface area (Å²) in [7, 11) is 2.00. The van der Waals surface area contributed by atoms with E-state index in [1.165, 1.54) is 0 Å². The quantitative estimate of drug-likeness (QED) is 0.684. The summed E-state index contributed by atoms with van der Waals surface area (Å²) in [6, 6.07) is 4.12. The van der Waals surface area contributed by atoms with Gasteiger partial charge < -0.3 is 19.2 Å². The Labute approximate surface area is 163 Å². The fourth-order valence-corrected chi connectivity index (χ4v) is 3.45. The zero-order valence-corrected chi connectivity index (χ0v) is 16.4. The molecule has 2 atom stereocenters. The van der Waals surface area contributed by atoms with Crippen LogP contribution < -0.4 is 4.90 Å². The molecule has 0 saturated carbocycles. The largest absolute Gasteiger partial charge is 0.468 e. The summed E-state index contributed by atoms with van der Waals surface area (Å²) in [6.07, 6.45) is 4.38. The first-order valence-corrected chi connectivity index (χ1v) is 9.48. The lowest BCUT2D eigenvalue weighted by atomic mass is 10.2. The molecule has 0 amide bonds. The number of fused-ring (bicyclic) bond motifs is 1. The predicted octanol–water partition coefficient (Wildman–Crippen LogP) is 1.66. The van der Waals surface area contributed by atoms with E-state index in [9.17, 15) is 5.11 Å². The van der Waals surface area contributed by atoms with E-state index in [0.717, 1.165) is 22.7 Å². The summed E-state index contributed by atoms with van der Waals surface area (Å²) in [6.45, 7) is 6.10. The van der Waals surface area contributed by atoms with Gasteiger partial charge in [-0.15, -0.1) is 0 Å². The van der Waals surface area contributed by atoms with Gasteiger partial charge in [0.2, 0.25) is 0 Å². The molecule has 0 aromatic carbocycles. The molecule has 150 valence electrons. The molecule has 9 nitrogen and oxygen atoms in total. The van der Waals surface area contributed by atoms with E-state index in [1.54, 1.807) is 18.9 Å². The second-order valence-electron chi connectivity index (χ2n) is 7.39. The monoisotopic (exact) mass is 386 g/mol. The number of nitrogens with zero attached hydrogens (tertiary/aromatic N) is 6. The SMILES string of the molecule is CC(C)N(C)c1ncnc2c1ncn2[C@H]1CN(Cc2ccco2)C[C@@H](CO)O1. The molecule has 1 fully saturated rings. The van der Waals surface area contributed by atoms with Gasteiger partial charge in [-0.1, -0.05) is 0 Å². The van der Waals surface area contributed by atoms with Gasteiger partial charge >= 0.3 is 0 Å².